The third-order valence-corrected chi connectivity index (χ3v) is 3.43. The van der Waals surface area contributed by atoms with E-state index in [2.05, 4.69) is 22.9 Å². The SMILES string of the molecule is CCCNC1COCC1C(=O)NCCC(=O)NCC(C)C. The van der Waals surface area contributed by atoms with Gasteiger partial charge >= 0.3 is 0 Å². The number of carbonyl (C=O) groups is 2. The van der Waals surface area contributed by atoms with Crippen LogP contribution in [0.2, 0.25) is 0 Å². The number of hydrogen-bond acceptors (Lipinski definition) is 4. The first kappa shape index (κ1) is 17.9. The highest BCUT2D eigenvalue weighted by atomic mass is 16.5. The van der Waals surface area contributed by atoms with Gasteiger partial charge in [0, 0.05) is 25.6 Å². The first-order valence-electron chi connectivity index (χ1n) is 7.90. The molecule has 122 valence electrons. The van der Waals surface area contributed by atoms with Crippen LogP contribution in [-0.2, 0) is 14.3 Å². The van der Waals surface area contributed by atoms with Crippen LogP contribution in [0.4, 0.5) is 0 Å². The third-order valence-electron chi connectivity index (χ3n) is 3.43. The first-order chi connectivity index (χ1) is 10.0. The second kappa shape index (κ2) is 9.73. The van der Waals surface area contributed by atoms with Gasteiger partial charge in [0.05, 0.1) is 19.1 Å². The van der Waals surface area contributed by atoms with Crippen LogP contribution in [0.3, 0.4) is 0 Å². The summed E-state index contributed by atoms with van der Waals surface area (Å²) in [7, 11) is 0. The molecule has 1 saturated heterocycles. The molecule has 2 unspecified atom stereocenters. The number of carbonyl (C=O) groups excluding carboxylic acids is 2. The standard InChI is InChI=1S/C15H29N3O3/c1-4-6-16-13-10-21-9-12(13)15(20)17-7-5-14(19)18-8-11(2)3/h11-13,16H,4-10H2,1-3H3,(H,17,20)(H,18,19). The summed E-state index contributed by atoms with van der Waals surface area (Å²) >= 11 is 0. The minimum Gasteiger partial charge on any atom is -0.379 e. The number of amides is 2. The van der Waals surface area contributed by atoms with Crippen LogP contribution in [-0.4, -0.2) is 50.7 Å². The fraction of sp³-hybridized carbons (Fsp3) is 0.867. The first-order valence-corrected chi connectivity index (χ1v) is 7.90. The van der Waals surface area contributed by atoms with E-state index in [0.29, 0.717) is 38.6 Å². The summed E-state index contributed by atoms with van der Waals surface area (Å²) in [6.45, 7) is 9.14. The van der Waals surface area contributed by atoms with Crippen molar-refractivity contribution in [2.75, 3.05) is 32.8 Å². The number of nitrogens with one attached hydrogen (secondary N) is 3. The van der Waals surface area contributed by atoms with E-state index < -0.39 is 0 Å². The summed E-state index contributed by atoms with van der Waals surface area (Å²) in [5, 5.41) is 8.99. The smallest absolute Gasteiger partial charge is 0.227 e. The second-order valence-electron chi connectivity index (χ2n) is 5.94. The van der Waals surface area contributed by atoms with E-state index in [1.165, 1.54) is 0 Å². The third kappa shape index (κ3) is 6.91. The van der Waals surface area contributed by atoms with Crippen LogP contribution in [0.25, 0.3) is 0 Å². The molecule has 1 rings (SSSR count). The van der Waals surface area contributed by atoms with Crippen molar-refractivity contribution in [1.82, 2.24) is 16.0 Å². The summed E-state index contributed by atoms with van der Waals surface area (Å²) in [5.41, 5.74) is 0. The van der Waals surface area contributed by atoms with E-state index in [1.807, 2.05) is 13.8 Å². The lowest BCUT2D eigenvalue weighted by molar-refractivity contribution is -0.125. The summed E-state index contributed by atoms with van der Waals surface area (Å²) in [4.78, 5) is 23.7. The predicted molar refractivity (Wildman–Crippen MR) is 81.9 cm³/mol. The molecular weight excluding hydrogens is 270 g/mol. The van der Waals surface area contributed by atoms with Gasteiger partial charge in [-0.05, 0) is 18.9 Å². The maximum absolute atomic E-state index is 12.1. The van der Waals surface area contributed by atoms with Gasteiger partial charge in [-0.2, -0.15) is 0 Å². The molecule has 0 radical (unpaired) electrons. The van der Waals surface area contributed by atoms with Gasteiger partial charge in [0.1, 0.15) is 0 Å². The van der Waals surface area contributed by atoms with Gasteiger partial charge < -0.3 is 20.7 Å². The second-order valence-corrected chi connectivity index (χ2v) is 5.94. The summed E-state index contributed by atoms with van der Waals surface area (Å²) in [5.74, 6) is 0.227. The van der Waals surface area contributed by atoms with Crippen molar-refractivity contribution in [3.05, 3.63) is 0 Å². The highest BCUT2D eigenvalue weighted by molar-refractivity contribution is 5.81. The van der Waals surface area contributed by atoms with Crippen LogP contribution in [0.5, 0.6) is 0 Å². The molecule has 2 atom stereocenters. The number of hydrogen-bond donors (Lipinski definition) is 3. The van der Waals surface area contributed by atoms with Gasteiger partial charge in [-0.3, -0.25) is 9.59 Å². The molecule has 1 fully saturated rings. The van der Waals surface area contributed by atoms with Gasteiger partial charge in [0.15, 0.2) is 0 Å². The lowest BCUT2D eigenvalue weighted by atomic mass is 10.0. The van der Waals surface area contributed by atoms with Crippen LogP contribution >= 0.6 is 0 Å². The zero-order valence-corrected chi connectivity index (χ0v) is 13.4. The van der Waals surface area contributed by atoms with Gasteiger partial charge in [-0.1, -0.05) is 20.8 Å². The minimum atomic E-state index is -0.157. The minimum absolute atomic E-state index is 0.0210. The molecule has 0 aromatic heterocycles. The molecule has 1 heterocycles. The van der Waals surface area contributed by atoms with Crippen LogP contribution < -0.4 is 16.0 Å². The molecule has 1 aliphatic rings. The number of ether oxygens (including phenoxy) is 1. The highest BCUT2D eigenvalue weighted by Crippen LogP contribution is 2.13. The van der Waals surface area contributed by atoms with E-state index >= 15 is 0 Å². The Morgan fingerprint density at radius 2 is 1.95 bits per heavy atom. The van der Waals surface area contributed by atoms with E-state index in [9.17, 15) is 9.59 Å². The molecule has 0 aromatic rings. The van der Waals surface area contributed by atoms with Crippen molar-refractivity contribution >= 4 is 11.8 Å². The van der Waals surface area contributed by atoms with Crippen LogP contribution in [0.1, 0.15) is 33.6 Å². The maximum Gasteiger partial charge on any atom is 0.227 e. The molecule has 6 heteroatoms. The molecule has 3 N–H and O–H groups in total. The largest absolute Gasteiger partial charge is 0.379 e. The van der Waals surface area contributed by atoms with Crippen molar-refractivity contribution in [2.45, 2.75) is 39.7 Å². The zero-order chi connectivity index (χ0) is 15.7. The fourth-order valence-corrected chi connectivity index (χ4v) is 2.18. The average molecular weight is 299 g/mol. The Bertz CT molecular complexity index is 334. The van der Waals surface area contributed by atoms with Crippen molar-refractivity contribution in [2.24, 2.45) is 11.8 Å². The lowest BCUT2D eigenvalue weighted by Gasteiger charge is -2.18. The van der Waals surface area contributed by atoms with Gasteiger partial charge in [-0.25, -0.2) is 0 Å². The molecule has 0 spiro atoms. The molecule has 1 aliphatic heterocycles. The Morgan fingerprint density at radius 1 is 1.19 bits per heavy atom. The van der Waals surface area contributed by atoms with Crippen LogP contribution in [0, 0.1) is 11.8 Å². The molecule has 0 aromatic carbocycles. The zero-order valence-electron chi connectivity index (χ0n) is 13.4. The van der Waals surface area contributed by atoms with Gasteiger partial charge in [0.2, 0.25) is 11.8 Å². The number of rotatable bonds is 9. The summed E-state index contributed by atoms with van der Waals surface area (Å²) in [6, 6.07) is 0.0831. The van der Waals surface area contributed by atoms with Gasteiger partial charge in [0.25, 0.3) is 0 Å². The van der Waals surface area contributed by atoms with Crippen molar-refractivity contribution < 1.29 is 14.3 Å². The fourth-order valence-electron chi connectivity index (χ4n) is 2.18. The molecule has 2 amide bonds. The Hall–Kier alpha value is -1.14. The maximum atomic E-state index is 12.1. The normalized spacial score (nSPS) is 21.5. The average Bonchev–Trinajstić information content (AvgIpc) is 2.91. The molecule has 6 nitrogen and oxygen atoms in total. The van der Waals surface area contributed by atoms with Gasteiger partial charge in [-0.15, -0.1) is 0 Å². The van der Waals surface area contributed by atoms with Crippen molar-refractivity contribution in [3.8, 4) is 0 Å². The van der Waals surface area contributed by atoms with Crippen molar-refractivity contribution in [1.29, 1.82) is 0 Å². The summed E-state index contributed by atoms with van der Waals surface area (Å²) in [6.07, 6.45) is 1.35. The van der Waals surface area contributed by atoms with Crippen molar-refractivity contribution in [3.63, 3.8) is 0 Å². The Labute approximate surface area is 127 Å². The lowest BCUT2D eigenvalue weighted by Crippen LogP contribution is -2.44. The monoisotopic (exact) mass is 299 g/mol. The quantitative estimate of drug-likeness (QED) is 0.571. The molecule has 0 bridgehead atoms. The van der Waals surface area contributed by atoms with E-state index in [-0.39, 0.29) is 23.8 Å². The predicted octanol–water partition coefficient (Wildman–Crippen LogP) is 0.280. The Balaban J connectivity index is 2.22. The molecule has 0 aliphatic carbocycles. The Morgan fingerprint density at radius 3 is 2.62 bits per heavy atom. The van der Waals surface area contributed by atoms with E-state index in [4.69, 9.17) is 4.74 Å². The van der Waals surface area contributed by atoms with E-state index in [1.54, 1.807) is 0 Å². The Kier molecular flexibility index (Phi) is 8.30. The molecular formula is C15H29N3O3. The topological polar surface area (TPSA) is 79.5 Å². The highest BCUT2D eigenvalue weighted by Gasteiger charge is 2.33. The molecule has 21 heavy (non-hydrogen) atoms. The van der Waals surface area contributed by atoms with E-state index in [0.717, 1.165) is 13.0 Å². The molecule has 0 saturated carbocycles. The van der Waals surface area contributed by atoms with Crippen LogP contribution in [0.15, 0.2) is 0 Å². The summed E-state index contributed by atoms with van der Waals surface area (Å²) < 4.78 is 5.38.